The van der Waals surface area contributed by atoms with E-state index in [0.29, 0.717) is 19.3 Å². The summed E-state index contributed by atoms with van der Waals surface area (Å²) in [5.41, 5.74) is 15.4. The van der Waals surface area contributed by atoms with E-state index in [1.807, 2.05) is 19.1 Å². The molecule has 1 unspecified atom stereocenters. The van der Waals surface area contributed by atoms with Crippen LogP contribution in [0, 0.1) is 5.41 Å². The van der Waals surface area contributed by atoms with Crippen LogP contribution in [0.4, 0.5) is 4.79 Å². The van der Waals surface area contributed by atoms with Gasteiger partial charge < -0.3 is 146 Å². The van der Waals surface area contributed by atoms with Crippen molar-refractivity contribution < 1.29 is 161 Å². The van der Waals surface area contributed by atoms with Gasteiger partial charge in [0.1, 0.15) is 90.9 Å². The summed E-state index contributed by atoms with van der Waals surface area (Å²) in [5, 5.41) is 135. The number of aliphatic hydroxyl groups excluding tert-OH is 9. The minimum Gasteiger partial charge on any atom is -0.479 e. The number of aliphatic carboxylic acids is 1. The lowest BCUT2D eigenvalue weighted by Crippen LogP contribution is -2.72. The quantitative estimate of drug-likeness (QED) is 0.0211. The number of carbonyl (C=O) groups excluding carboxylic acids is 5. The topological polar surface area (TPSA) is 605 Å². The molecule has 0 aromatic heterocycles. The number of rotatable bonds is 36. The van der Waals surface area contributed by atoms with Crippen molar-refractivity contribution in [2.45, 2.75) is 272 Å². The highest BCUT2D eigenvalue weighted by molar-refractivity contribution is 7.47. The van der Waals surface area contributed by atoms with Crippen LogP contribution in [0.2, 0.25) is 0 Å². The third-order valence-corrected chi connectivity index (χ3v) is 18.3. The lowest BCUT2D eigenvalue weighted by atomic mass is 9.85. The van der Waals surface area contributed by atoms with Crippen LogP contribution >= 0.6 is 7.82 Å². The van der Waals surface area contributed by atoms with Crippen molar-refractivity contribution in [1.29, 1.82) is 0 Å². The van der Waals surface area contributed by atoms with E-state index in [1.165, 1.54) is 6.92 Å². The van der Waals surface area contributed by atoms with Crippen molar-refractivity contribution in [3.05, 3.63) is 59.8 Å². The lowest BCUT2D eigenvalue weighted by molar-refractivity contribution is -0.375. The molecule has 21 N–H and O–H groups in total. The molecule has 5 heterocycles. The van der Waals surface area contributed by atoms with E-state index in [4.69, 9.17) is 78.4 Å². The number of carboxylic acids is 1. The average molecular weight is 1500 g/mol. The summed E-state index contributed by atoms with van der Waals surface area (Å²) in [5.74, 6) is -6.43. The summed E-state index contributed by atoms with van der Waals surface area (Å²) in [6.07, 6.45) is -34.0. The molecule has 0 aromatic carbocycles. The normalized spacial score (nSPS) is 36.5. The van der Waals surface area contributed by atoms with Crippen LogP contribution in [0.1, 0.15) is 108 Å². The fourth-order valence-corrected chi connectivity index (χ4v) is 12.4. The van der Waals surface area contributed by atoms with Crippen molar-refractivity contribution in [3.63, 3.8) is 0 Å². The van der Waals surface area contributed by atoms with E-state index in [9.17, 15) is 99.5 Å². The van der Waals surface area contributed by atoms with Gasteiger partial charge in [-0.2, -0.15) is 0 Å². The maximum absolute atomic E-state index is 14.1. The highest BCUT2D eigenvalue weighted by Gasteiger charge is 2.62. The fourth-order valence-electron chi connectivity index (χ4n) is 11.6. The monoisotopic (exact) mass is 1500 g/mol. The number of allylic oxidation sites excluding steroid dienone is 7. The van der Waals surface area contributed by atoms with Crippen molar-refractivity contribution in [2.75, 3.05) is 26.4 Å². The van der Waals surface area contributed by atoms with Crippen LogP contribution in [0.5, 0.6) is 0 Å². The van der Waals surface area contributed by atoms with E-state index >= 15 is 0 Å². The molecule has 103 heavy (non-hydrogen) atoms. The Balaban J connectivity index is 1.41. The molecule has 5 amide bonds. The summed E-state index contributed by atoms with van der Waals surface area (Å²) in [6.45, 7) is 16.0. The Bertz CT molecular complexity index is 3040. The molecule has 5 fully saturated rings. The van der Waals surface area contributed by atoms with Gasteiger partial charge >= 0.3 is 19.9 Å². The molecule has 38 nitrogen and oxygen atoms in total. The molecule has 27 atom stereocenters. The smallest absolute Gasteiger partial charge is 0.474 e. The molecule has 0 saturated carbocycles. The van der Waals surface area contributed by atoms with Gasteiger partial charge in [0.05, 0.1) is 38.1 Å². The molecule has 588 valence electrons. The molecule has 0 bridgehead atoms. The number of aliphatic hydroxyl groups is 11. The van der Waals surface area contributed by atoms with Crippen molar-refractivity contribution in [2.24, 2.45) is 22.6 Å². The molecule has 0 aromatic rings. The molecule has 0 spiro atoms. The standard InChI is InChI=1S/C64H104N5O33P/c1-28(16-14-22-63(9,10)86)17-18-30(3)19-23-62(7,8)21-13-12-15-29(2)20-24-90-36(55(83)84)27-92-103(88,89)102-60-50(51(101-61(67)85)64(11,87)52(100-60)54(66)82)99-57-38(69-33(6)72)41(75)48(35(95-57)26-91-58-45(79)42(76)39(73)34(25-70)94-58)97-56-37(68-32(5)71)40(74)47(31(4)93-56)96-59-46(80)43(77)44(78)49(98-59)53(65)81/h13-14,17,20-22,31,34-52,56-60,70,73-80,86-87H,3,12,15-16,18-19,23-27H2,1-2,4-11H3,(H2,65,81)(H2,66,82)(H2,67,85)(H,68,71)(H,69,72)(H,83,84)(H,88,89)/b21-13+,22-14+,28-17+,29-20-/t31-,34-,35-,36-,37-,38-,39-,40-,41-,42+,43+,44-,45-,46-,47-,48-,49+,50-,51-,52-,56+,57+,58-,59-,60-,64+/m1/s1. The zero-order chi connectivity index (χ0) is 77.6. The molecule has 5 aliphatic heterocycles. The van der Waals surface area contributed by atoms with Gasteiger partial charge in [-0.25, -0.2) is 14.2 Å². The number of carboxylic acid groups (broad SMARTS) is 1. The van der Waals surface area contributed by atoms with Gasteiger partial charge in [-0.05, 0) is 85.5 Å². The Kier molecular flexibility index (Phi) is 32.9. The highest BCUT2D eigenvalue weighted by atomic mass is 31.2. The summed E-state index contributed by atoms with van der Waals surface area (Å²) in [7, 11) is -5.83. The van der Waals surface area contributed by atoms with Crippen LogP contribution in [-0.4, -0.2) is 293 Å². The van der Waals surface area contributed by atoms with Crippen LogP contribution in [0.25, 0.3) is 0 Å². The molecule has 5 aliphatic rings. The third-order valence-electron chi connectivity index (χ3n) is 17.4. The Hall–Kier alpha value is -5.41. The number of amides is 5. The summed E-state index contributed by atoms with van der Waals surface area (Å²) < 4.78 is 88.2. The third kappa shape index (κ3) is 25.4. The molecule has 0 aliphatic carbocycles. The fraction of sp³-hybridized carbons (Fsp3) is 0.750. The number of ether oxygens (including phenoxy) is 11. The zero-order valence-electron chi connectivity index (χ0n) is 58.8. The predicted octanol–water partition coefficient (Wildman–Crippen LogP) is -3.82. The van der Waals surface area contributed by atoms with E-state index in [1.54, 1.807) is 32.9 Å². The van der Waals surface area contributed by atoms with E-state index in [0.717, 1.165) is 56.8 Å². The Morgan fingerprint density at radius 3 is 1.82 bits per heavy atom. The number of nitrogens with one attached hydrogen (secondary N) is 2. The van der Waals surface area contributed by atoms with Crippen LogP contribution in [0.3, 0.4) is 0 Å². The van der Waals surface area contributed by atoms with Gasteiger partial charge in [-0.15, -0.1) is 0 Å². The number of hydrogen-bond acceptors (Lipinski definition) is 31. The van der Waals surface area contributed by atoms with Crippen molar-refractivity contribution >= 4 is 43.5 Å². The Morgan fingerprint density at radius 2 is 1.24 bits per heavy atom. The van der Waals surface area contributed by atoms with Crippen molar-refractivity contribution in [3.8, 4) is 0 Å². The number of nitrogens with two attached hydrogens (primary N) is 3. The molecular formula is C64H104N5O33P. The second kappa shape index (κ2) is 38.4. The second-order valence-corrected chi connectivity index (χ2v) is 28.9. The Labute approximate surface area is 594 Å². The summed E-state index contributed by atoms with van der Waals surface area (Å²) in [6, 6.07) is -3.91. The first-order chi connectivity index (χ1) is 47.8. The molecular weight excluding hydrogens is 1400 g/mol. The van der Waals surface area contributed by atoms with Gasteiger partial charge in [0.2, 0.25) is 23.6 Å². The molecule has 5 rings (SSSR count). The zero-order valence-corrected chi connectivity index (χ0v) is 59.7. The maximum atomic E-state index is 14.1. The van der Waals surface area contributed by atoms with E-state index in [2.05, 4.69) is 43.2 Å². The van der Waals surface area contributed by atoms with Gasteiger partial charge in [0.25, 0.3) is 0 Å². The number of primary amides is 3. The second-order valence-electron chi connectivity index (χ2n) is 27.5. The van der Waals surface area contributed by atoms with Gasteiger partial charge in [-0.1, -0.05) is 73.6 Å². The number of phosphoric acid groups is 1. The number of phosphoric ester groups is 1. The number of carbonyl (C=O) groups is 6. The lowest BCUT2D eigenvalue weighted by Gasteiger charge is -2.52. The average Bonchev–Trinajstić information content (AvgIpc) is 0.755. The molecule has 5 saturated heterocycles. The first-order valence-corrected chi connectivity index (χ1v) is 34.6. The van der Waals surface area contributed by atoms with Gasteiger partial charge in [-0.3, -0.25) is 28.2 Å². The first kappa shape index (κ1) is 88.2. The van der Waals surface area contributed by atoms with Gasteiger partial charge in [0.15, 0.2) is 62.0 Å². The van der Waals surface area contributed by atoms with Crippen molar-refractivity contribution in [1.82, 2.24) is 10.6 Å². The largest absolute Gasteiger partial charge is 0.479 e. The van der Waals surface area contributed by atoms with E-state index in [-0.39, 0.29) is 12.0 Å². The highest BCUT2D eigenvalue weighted by Crippen LogP contribution is 2.49. The molecule has 0 radical (unpaired) electrons. The molecule has 39 heteroatoms. The summed E-state index contributed by atoms with van der Waals surface area (Å²) in [4.78, 5) is 87.8. The number of hydrogen-bond donors (Lipinski definition) is 18. The van der Waals surface area contributed by atoms with Crippen LogP contribution in [0.15, 0.2) is 59.8 Å². The minimum absolute atomic E-state index is 0.174. The SMILES string of the molecule is C=C(C/C=C(\C)C/C=C/C(C)(C)O)CCC(C)(C)/C=C/CC/C(C)=C\CO[C@H](COP(=O)(O)O[C@H]1O[C@H](C(N)=O)[C@@](C)(O)[C@H](OC(N)=O)[C@H]1O[C@@H]1O[C@H](CO[C@@H]2O[C@H](CO)[C@@H](O)[C@H](O)[C@H]2O)[C@@H](O[C@@H]2O[C@H](C)[C@@H](O[C@@H]3O[C@H](C(N)=O)[C@H](O)[C@H](O)[C@H]3O)[C@H](O)[C@H]2NC(C)=O)[C@H](O)[C@H]1NC(C)=O)C(=O)O. The maximum Gasteiger partial charge on any atom is 0.474 e. The summed E-state index contributed by atoms with van der Waals surface area (Å²) >= 11 is 0. The Morgan fingerprint density at radius 1 is 0.670 bits per heavy atom. The minimum atomic E-state index is -5.83. The van der Waals surface area contributed by atoms with Crippen LogP contribution in [-0.2, 0) is 89.7 Å². The first-order valence-electron chi connectivity index (χ1n) is 33.1. The predicted molar refractivity (Wildman–Crippen MR) is 350 cm³/mol. The van der Waals surface area contributed by atoms with Gasteiger partial charge in [0, 0.05) is 13.8 Å². The van der Waals surface area contributed by atoms with Crippen LogP contribution < -0.4 is 27.8 Å². The van der Waals surface area contributed by atoms with E-state index < -0.39 is 228 Å².